The topological polar surface area (TPSA) is 172 Å². The summed E-state index contributed by atoms with van der Waals surface area (Å²) in [6.45, 7) is 2.86. The monoisotopic (exact) mass is 916 g/mol. The molecule has 12 heteroatoms. The van der Waals surface area contributed by atoms with Crippen LogP contribution in [0.1, 0.15) is 264 Å². The van der Waals surface area contributed by atoms with Crippen LogP contribution in [-0.4, -0.2) is 59.9 Å². The molecule has 0 aromatic heterocycles. The number of nitrogens with two attached hydrogens (primary N) is 1. The molecular weight excluding hydrogens is 818 g/mol. The fourth-order valence-electron chi connectivity index (χ4n) is 7.65. The summed E-state index contributed by atoms with van der Waals surface area (Å²) in [5.41, 5.74) is 5.35. The minimum absolute atomic E-state index is 0.165. The third-order valence-electron chi connectivity index (χ3n) is 11.8. The number of aliphatic carboxylic acids is 1. The van der Waals surface area contributed by atoms with Crippen molar-refractivity contribution in [1.82, 2.24) is 0 Å². The predicted octanol–water partition coefficient (Wildman–Crippen LogP) is 14.8. The Labute approximate surface area is 386 Å². The summed E-state index contributed by atoms with van der Waals surface area (Å²) in [4.78, 5) is 46.2. The van der Waals surface area contributed by atoms with E-state index < -0.39 is 51.1 Å². The molecule has 0 bridgehead atoms. The van der Waals surface area contributed by atoms with E-state index in [0.717, 1.165) is 38.5 Å². The quantitative estimate of drug-likeness (QED) is 0.0229. The van der Waals surface area contributed by atoms with Crippen LogP contribution in [0.5, 0.6) is 0 Å². The highest BCUT2D eigenvalue weighted by Gasteiger charge is 2.28. The SMILES string of the molecule is CCCCCCCCCC/C=C\CCCCCCCCCCCCCC(=O)OC(COC(=O)CCCCCCCCCCCCCCCCCC)COP(=O)(O)OCC(N)C(=O)O. The van der Waals surface area contributed by atoms with Gasteiger partial charge in [-0.2, -0.15) is 0 Å². The van der Waals surface area contributed by atoms with E-state index >= 15 is 0 Å². The van der Waals surface area contributed by atoms with E-state index in [1.165, 1.54) is 186 Å². The van der Waals surface area contributed by atoms with Crippen LogP contribution in [-0.2, 0) is 37.5 Å². The minimum atomic E-state index is -4.72. The maximum atomic E-state index is 12.7. The average molecular weight is 916 g/mol. The number of carboxylic acids is 1. The number of unbranched alkanes of at least 4 members (excludes halogenated alkanes) is 34. The third kappa shape index (κ3) is 46.5. The van der Waals surface area contributed by atoms with Crippen LogP contribution < -0.4 is 5.73 Å². The molecule has 0 amide bonds. The van der Waals surface area contributed by atoms with E-state index in [2.05, 4.69) is 30.5 Å². The van der Waals surface area contributed by atoms with E-state index in [1.807, 2.05) is 0 Å². The first kappa shape index (κ1) is 61.2. The Morgan fingerprint density at radius 3 is 1.16 bits per heavy atom. The van der Waals surface area contributed by atoms with Crippen molar-refractivity contribution in [3.05, 3.63) is 12.2 Å². The zero-order chi connectivity index (χ0) is 46.3. The summed E-state index contributed by atoms with van der Waals surface area (Å²) in [6, 6.07) is -1.52. The van der Waals surface area contributed by atoms with Crippen molar-refractivity contribution >= 4 is 25.7 Å². The van der Waals surface area contributed by atoms with Gasteiger partial charge < -0.3 is 25.2 Å². The molecule has 0 aliphatic rings. The number of ether oxygens (including phenoxy) is 2. The van der Waals surface area contributed by atoms with Crippen LogP contribution >= 0.6 is 7.82 Å². The number of rotatable bonds is 50. The molecule has 11 nitrogen and oxygen atoms in total. The van der Waals surface area contributed by atoms with Crippen LogP contribution in [0.2, 0.25) is 0 Å². The van der Waals surface area contributed by atoms with Crippen molar-refractivity contribution < 1.29 is 47.5 Å². The Kier molecular flexibility index (Phi) is 45.4. The van der Waals surface area contributed by atoms with Gasteiger partial charge in [0.2, 0.25) is 0 Å². The summed E-state index contributed by atoms with van der Waals surface area (Å²) >= 11 is 0. The molecule has 0 saturated carbocycles. The van der Waals surface area contributed by atoms with Crippen LogP contribution in [0.25, 0.3) is 0 Å². The maximum absolute atomic E-state index is 12.7. The van der Waals surface area contributed by atoms with E-state index in [0.29, 0.717) is 12.8 Å². The van der Waals surface area contributed by atoms with E-state index in [1.54, 1.807) is 0 Å². The molecule has 0 radical (unpaired) electrons. The maximum Gasteiger partial charge on any atom is 0.472 e. The second kappa shape index (κ2) is 46.7. The summed E-state index contributed by atoms with van der Waals surface area (Å²) in [7, 11) is -4.72. The molecule has 0 aromatic rings. The molecule has 3 atom stereocenters. The van der Waals surface area contributed by atoms with Crippen LogP contribution in [0.4, 0.5) is 0 Å². The Morgan fingerprint density at radius 1 is 0.476 bits per heavy atom. The number of phosphoric ester groups is 1. The van der Waals surface area contributed by atoms with Crippen molar-refractivity contribution in [2.45, 2.75) is 276 Å². The number of hydrogen-bond donors (Lipinski definition) is 3. The van der Waals surface area contributed by atoms with Gasteiger partial charge >= 0.3 is 25.7 Å². The van der Waals surface area contributed by atoms with Gasteiger partial charge in [0.05, 0.1) is 13.2 Å². The number of allylic oxidation sites excluding steroid dienone is 2. The molecule has 0 heterocycles. The summed E-state index contributed by atoms with van der Waals surface area (Å²) < 4.78 is 32.9. The minimum Gasteiger partial charge on any atom is -0.480 e. The molecule has 4 N–H and O–H groups in total. The van der Waals surface area contributed by atoms with Crippen LogP contribution in [0.15, 0.2) is 12.2 Å². The van der Waals surface area contributed by atoms with Gasteiger partial charge in [-0.15, -0.1) is 0 Å². The zero-order valence-corrected chi connectivity index (χ0v) is 41.6. The van der Waals surface area contributed by atoms with Crippen molar-refractivity contribution in [3.8, 4) is 0 Å². The largest absolute Gasteiger partial charge is 0.480 e. The van der Waals surface area contributed by atoms with Crippen LogP contribution in [0, 0.1) is 0 Å². The van der Waals surface area contributed by atoms with Crippen molar-refractivity contribution in [1.29, 1.82) is 0 Å². The standard InChI is InChI=1S/C51H98NO10P/c1-3-5-7-9-11-13-15-17-19-21-22-23-24-25-26-27-29-31-33-35-37-39-41-43-50(54)62-47(45-60-63(57,58)61-46-48(52)51(55)56)44-59-49(53)42-40-38-36-34-32-30-28-20-18-16-14-12-10-8-6-4-2/h21-22,47-48H,3-20,23-46,52H2,1-2H3,(H,55,56)(H,57,58)/b22-21-. The summed E-state index contributed by atoms with van der Waals surface area (Å²) in [5.74, 6) is -2.36. The Bertz CT molecular complexity index is 1120. The Hall–Kier alpha value is -1.78. The smallest absolute Gasteiger partial charge is 0.472 e. The molecule has 0 saturated heterocycles. The Balaban J connectivity index is 4.18. The fourth-order valence-corrected chi connectivity index (χ4v) is 8.43. The molecule has 372 valence electrons. The molecule has 0 aliphatic carbocycles. The lowest BCUT2D eigenvalue weighted by molar-refractivity contribution is -0.161. The van der Waals surface area contributed by atoms with Gasteiger partial charge in [-0.3, -0.25) is 23.4 Å². The van der Waals surface area contributed by atoms with E-state index in [4.69, 9.17) is 24.8 Å². The molecule has 0 spiro atoms. The molecule has 63 heavy (non-hydrogen) atoms. The zero-order valence-electron chi connectivity index (χ0n) is 40.7. The lowest BCUT2D eigenvalue weighted by Crippen LogP contribution is -2.34. The molecule has 0 aromatic carbocycles. The number of carbonyl (C=O) groups excluding carboxylic acids is 2. The normalized spacial score (nSPS) is 13.6. The van der Waals surface area contributed by atoms with Crippen molar-refractivity contribution in [2.75, 3.05) is 19.8 Å². The molecular formula is C51H98NO10P. The predicted molar refractivity (Wildman–Crippen MR) is 259 cm³/mol. The van der Waals surface area contributed by atoms with Gasteiger partial charge in [-0.1, -0.05) is 225 Å². The number of carbonyl (C=O) groups is 3. The number of hydrogen-bond acceptors (Lipinski definition) is 9. The Morgan fingerprint density at radius 2 is 0.794 bits per heavy atom. The second-order valence-electron chi connectivity index (χ2n) is 18.0. The number of phosphoric acid groups is 1. The average Bonchev–Trinajstić information content (AvgIpc) is 3.26. The van der Waals surface area contributed by atoms with Gasteiger partial charge in [0, 0.05) is 12.8 Å². The van der Waals surface area contributed by atoms with Gasteiger partial charge in [0.1, 0.15) is 12.6 Å². The highest BCUT2D eigenvalue weighted by molar-refractivity contribution is 7.47. The fraction of sp³-hybridized carbons (Fsp3) is 0.902. The van der Waals surface area contributed by atoms with Crippen molar-refractivity contribution in [3.63, 3.8) is 0 Å². The first-order valence-electron chi connectivity index (χ1n) is 26.2. The van der Waals surface area contributed by atoms with Gasteiger partial charge in [0.15, 0.2) is 6.10 Å². The van der Waals surface area contributed by atoms with Crippen LogP contribution in [0.3, 0.4) is 0 Å². The van der Waals surface area contributed by atoms with E-state index in [-0.39, 0.29) is 19.4 Å². The van der Waals surface area contributed by atoms with Crippen molar-refractivity contribution in [2.24, 2.45) is 5.73 Å². The number of carboxylic acid groups (broad SMARTS) is 1. The molecule has 0 rings (SSSR count). The highest BCUT2D eigenvalue weighted by atomic mass is 31.2. The first-order valence-corrected chi connectivity index (χ1v) is 27.7. The molecule has 0 aliphatic heterocycles. The summed E-state index contributed by atoms with van der Waals surface area (Å²) in [5, 5.41) is 8.92. The van der Waals surface area contributed by atoms with Gasteiger partial charge in [0.25, 0.3) is 0 Å². The molecule has 0 fully saturated rings. The lowest BCUT2D eigenvalue weighted by atomic mass is 10.0. The van der Waals surface area contributed by atoms with Gasteiger partial charge in [-0.25, -0.2) is 4.57 Å². The summed E-state index contributed by atoms with van der Waals surface area (Å²) in [6.07, 6.45) is 49.9. The van der Waals surface area contributed by atoms with Gasteiger partial charge in [-0.05, 0) is 38.5 Å². The molecule has 3 unspecified atom stereocenters. The second-order valence-corrected chi connectivity index (χ2v) is 19.5. The first-order chi connectivity index (χ1) is 30.6. The number of esters is 2. The lowest BCUT2D eigenvalue weighted by Gasteiger charge is -2.20. The third-order valence-corrected chi connectivity index (χ3v) is 12.7. The van der Waals surface area contributed by atoms with E-state index in [9.17, 15) is 23.8 Å². The highest BCUT2D eigenvalue weighted by Crippen LogP contribution is 2.43.